The van der Waals surface area contributed by atoms with Gasteiger partial charge in [-0.25, -0.2) is 9.97 Å². The second-order valence-corrected chi connectivity index (χ2v) is 7.44. The number of hydrogen-bond acceptors (Lipinski definition) is 5. The van der Waals surface area contributed by atoms with Crippen molar-refractivity contribution >= 4 is 29.4 Å². The predicted octanol–water partition coefficient (Wildman–Crippen LogP) is 2.23. The zero-order chi connectivity index (χ0) is 20.1. The van der Waals surface area contributed by atoms with Crippen LogP contribution in [0, 0.1) is 5.92 Å². The van der Waals surface area contributed by atoms with Crippen molar-refractivity contribution < 1.29 is 9.59 Å². The summed E-state index contributed by atoms with van der Waals surface area (Å²) in [6.45, 7) is 6.26. The number of piperazine rings is 1. The Hall–Kier alpha value is -2.67. The molecule has 7 nitrogen and oxygen atoms in total. The summed E-state index contributed by atoms with van der Waals surface area (Å²) >= 11 is 6.11. The lowest BCUT2D eigenvalue weighted by Crippen LogP contribution is -2.56. The molecule has 1 atom stereocenters. The van der Waals surface area contributed by atoms with E-state index in [0.717, 1.165) is 0 Å². The quantitative estimate of drug-likeness (QED) is 0.831. The Labute approximate surface area is 169 Å². The van der Waals surface area contributed by atoms with E-state index in [2.05, 4.69) is 20.2 Å². The molecule has 1 aliphatic heterocycles. The van der Waals surface area contributed by atoms with Crippen LogP contribution in [0.15, 0.2) is 42.7 Å². The van der Waals surface area contributed by atoms with Crippen molar-refractivity contribution in [1.29, 1.82) is 0 Å². The average Bonchev–Trinajstić information content (AvgIpc) is 2.72. The minimum absolute atomic E-state index is 0.0468. The summed E-state index contributed by atoms with van der Waals surface area (Å²) in [5.74, 6) is 0.203. The minimum atomic E-state index is -0.608. The highest BCUT2D eigenvalue weighted by molar-refractivity contribution is 6.33. The number of carbonyl (C=O) groups is 2. The fourth-order valence-corrected chi connectivity index (χ4v) is 3.38. The van der Waals surface area contributed by atoms with Gasteiger partial charge < -0.3 is 15.1 Å². The van der Waals surface area contributed by atoms with Crippen LogP contribution >= 0.6 is 11.6 Å². The molecule has 0 unspecified atom stereocenters. The molecule has 0 spiro atoms. The van der Waals surface area contributed by atoms with Gasteiger partial charge in [-0.05, 0) is 24.1 Å². The zero-order valence-corrected chi connectivity index (χ0v) is 16.8. The van der Waals surface area contributed by atoms with Crippen molar-refractivity contribution in [2.75, 3.05) is 31.1 Å². The lowest BCUT2D eigenvalue weighted by atomic mass is 10.0. The molecule has 8 heteroatoms. The highest BCUT2D eigenvalue weighted by Crippen LogP contribution is 2.17. The summed E-state index contributed by atoms with van der Waals surface area (Å²) in [6.07, 6.45) is 3.41. The Morgan fingerprint density at radius 2 is 1.68 bits per heavy atom. The number of amides is 2. The van der Waals surface area contributed by atoms with E-state index in [1.807, 2.05) is 13.8 Å². The van der Waals surface area contributed by atoms with Gasteiger partial charge in [-0.2, -0.15) is 0 Å². The van der Waals surface area contributed by atoms with Crippen molar-refractivity contribution in [3.8, 4) is 0 Å². The van der Waals surface area contributed by atoms with E-state index in [0.29, 0.717) is 42.7 Å². The first kappa shape index (κ1) is 20.1. The van der Waals surface area contributed by atoms with Crippen LogP contribution in [0.1, 0.15) is 24.2 Å². The standard InChI is InChI=1S/C20H24ClN5O2/c1-14(2)17(24-18(27)15-6-3-4-7-16(15)21)19(28)25-10-12-26(13-11-25)20-22-8-5-9-23-20/h3-9,14,17H,10-13H2,1-2H3,(H,24,27)/t17-/m0/s1. The number of halogens is 1. The van der Waals surface area contributed by atoms with E-state index in [1.165, 1.54) is 0 Å². The van der Waals surface area contributed by atoms with Crippen molar-refractivity contribution in [2.24, 2.45) is 5.92 Å². The van der Waals surface area contributed by atoms with Crippen LogP contribution in [0.2, 0.25) is 5.02 Å². The van der Waals surface area contributed by atoms with Gasteiger partial charge >= 0.3 is 0 Å². The molecule has 1 fully saturated rings. The molecule has 148 valence electrons. The topological polar surface area (TPSA) is 78.4 Å². The molecule has 1 aliphatic rings. The molecule has 0 aliphatic carbocycles. The summed E-state index contributed by atoms with van der Waals surface area (Å²) in [7, 11) is 0. The first-order chi connectivity index (χ1) is 13.5. The Kier molecular flexibility index (Phi) is 6.46. The second-order valence-electron chi connectivity index (χ2n) is 7.04. The van der Waals surface area contributed by atoms with Gasteiger partial charge in [-0.3, -0.25) is 9.59 Å². The number of carbonyl (C=O) groups excluding carboxylic acids is 2. The first-order valence-electron chi connectivity index (χ1n) is 9.33. The maximum Gasteiger partial charge on any atom is 0.253 e. The highest BCUT2D eigenvalue weighted by atomic mass is 35.5. The third-order valence-electron chi connectivity index (χ3n) is 4.76. The summed E-state index contributed by atoms with van der Waals surface area (Å²) in [6, 6.07) is 7.99. The fraction of sp³-hybridized carbons (Fsp3) is 0.400. The van der Waals surface area contributed by atoms with Gasteiger partial charge in [0.1, 0.15) is 6.04 Å². The maximum absolute atomic E-state index is 13.1. The van der Waals surface area contributed by atoms with E-state index in [9.17, 15) is 9.59 Å². The molecule has 2 aromatic rings. The number of benzene rings is 1. The number of nitrogens with one attached hydrogen (secondary N) is 1. The normalized spacial score (nSPS) is 15.4. The molecular formula is C20H24ClN5O2. The SMILES string of the molecule is CC(C)[C@H](NC(=O)c1ccccc1Cl)C(=O)N1CCN(c2ncccn2)CC1. The van der Waals surface area contributed by atoms with E-state index in [4.69, 9.17) is 11.6 Å². The van der Waals surface area contributed by atoms with Crippen molar-refractivity contribution in [2.45, 2.75) is 19.9 Å². The number of nitrogens with zero attached hydrogens (tertiary/aromatic N) is 4. The van der Waals surface area contributed by atoms with Crippen LogP contribution in [0.5, 0.6) is 0 Å². The molecule has 28 heavy (non-hydrogen) atoms. The summed E-state index contributed by atoms with van der Waals surface area (Å²) < 4.78 is 0. The molecule has 2 heterocycles. The molecule has 0 saturated carbocycles. The zero-order valence-electron chi connectivity index (χ0n) is 16.0. The predicted molar refractivity (Wildman–Crippen MR) is 108 cm³/mol. The molecular weight excluding hydrogens is 378 g/mol. The second kappa shape index (κ2) is 9.01. The van der Waals surface area contributed by atoms with Gasteiger partial charge in [0.25, 0.3) is 5.91 Å². The Bertz CT molecular complexity index is 822. The Balaban J connectivity index is 1.64. The van der Waals surface area contributed by atoms with Crippen LogP contribution in [-0.2, 0) is 4.79 Å². The first-order valence-corrected chi connectivity index (χ1v) is 9.71. The lowest BCUT2D eigenvalue weighted by Gasteiger charge is -2.37. The molecule has 2 amide bonds. The Morgan fingerprint density at radius 1 is 1.04 bits per heavy atom. The molecule has 1 aromatic heterocycles. The monoisotopic (exact) mass is 401 g/mol. The summed E-state index contributed by atoms with van der Waals surface area (Å²) in [5, 5.41) is 3.23. The summed E-state index contributed by atoms with van der Waals surface area (Å²) in [5.41, 5.74) is 0.369. The van der Waals surface area contributed by atoms with E-state index >= 15 is 0 Å². The third kappa shape index (κ3) is 4.59. The number of hydrogen-bond donors (Lipinski definition) is 1. The molecule has 1 N–H and O–H groups in total. The highest BCUT2D eigenvalue weighted by Gasteiger charge is 2.31. The molecule has 1 saturated heterocycles. The van der Waals surface area contributed by atoms with E-state index in [1.54, 1.807) is 47.6 Å². The number of rotatable bonds is 5. The van der Waals surface area contributed by atoms with E-state index < -0.39 is 6.04 Å². The molecule has 0 bridgehead atoms. The van der Waals surface area contributed by atoms with Gasteiger partial charge in [0.05, 0.1) is 10.6 Å². The van der Waals surface area contributed by atoms with Crippen LogP contribution in [-0.4, -0.2) is 58.9 Å². The molecule has 3 rings (SSSR count). The van der Waals surface area contributed by atoms with Gasteiger partial charge in [-0.15, -0.1) is 0 Å². The number of aromatic nitrogens is 2. The average molecular weight is 402 g/mol. The van der Waals surface area contributed by atoms with Crippen molar-refractivity contribution in [3.05, 3.63) is 53.3 Å². The lowest BCUT2D eigenvalue weighted by molar-refractivity contribution is -0.134. The van der Waals surface area contributed by atoms with Crippen LogP contribution in [0.25, 0.3) is 0 Å². The third-order valence-corrected chi connectivity index (χ3v) is 5.09. The maximum atomic E-state index is 13.1. The largest absolute Gasteiger partial charge is 0.340 e. The van der Waals surface area contributed by atoms with Crippen molar-refractivity contribution in [3.63, 3.8) is 0 Å². The molecule has 0 radical (unpaired) electrons. The van der Waals surface area contributed by atoms with Crippen molar-refractivity contribution in [1.82, 2.24) is 20.2 Å². The van der Waals surface area contributed by atoms with Gasteiger partial charge in [0.15, 0.2) is 0 Å². The number of anilines is 1. The fourth-order valence-electron chi connectivity index (χ4n) is 3.16. The van der Waals surface area contributed by atoms with Crippen LogP contribution < -0.4 is 10.2 Å². The van der Waals surface area contributed by atoms with Gasteiger partial charge in [0, 0.05) is 38.6 Å². The molecule has 1 aromatic carbocycles. The van der Waals surface area contributed by atoms with Gasteiger partial charge in [0.2, 0.25) is 11.9 Å². The summed E-state index contributed by atoms with van der Waals surface area (Å²) in [4.78, 5) is 38.0. The smallest absolute Gasteiger partial charge is 0.253 e. The van der Waals surface area contributed by atoms with Crippen LogP contribution in [0.4, 0.5) is 5.95 Å². The van der Waals surface area contributed by atoms with Gasteiger partial charge in [-0.1, -0.05) is 37.6 Å². The van der Waals surface area contributed by atoms with Crippen LogP contribution in [0.3, 0.4) is 0 Å². The van der Waals surface area contributed by atoms with E-state index in [-0.39, 0.29) is 17.7 Å². The minimum Gasteiger partial charge on any atom is -0.340 e. The Morgan fingerprint density at radius 3 is 2.29 bits per heavy atom.